The minimum Gasteiger partial charge on any atom is -0.412 e. The first-order valence-corrected chi connectivity index (χ1v) is 2.32. The lowest BCUT2D eigenvalue weighted by molar-refractivity contribution is -0.142. The first-order chi connectivity index (χ1) is 4.50. The first kappa shape index (κ1) is 6.91. The number of halogens is 3. The van der Waals surface area contributed by atoms with Crippen LogP contribution in [0, 0.1) is 0 Å². The Morgan fingerprint density at radius 2 is 2.10 bits per heavy atom. The number of rotatable bonds is 0. The van der Waals surface area contributed by atoms with Gasteiger partial charge in [0.1, 0.15) is 0 Å². The fraction of sp³-hybridized carbons (Fsp3) is 0.250. The Morgan fingerprint density at radius 3 is 2.30 bits per heavy atom. The average molecular weight is 152 g/mol. The molecule has 0 bridgehead atoms. The molecule has 1 aromatic rings. The SMILES string of the molecule is On1ccc(C(F)(F)F)n1. The molecule has 1 aromatic heterocycles. The maximum absolute atomic E-state index is 11.6. The molecule has 1 heterocycles. The molecule has 6 heteroatoms. The van der Waals surface area contributed by atoms with Crippen LogP contribution in [0.25, 0.3) is 0 Å². The Kier molecular flexibility index (Phi) is 1.31. The summed E-state index contributed by atoms with van der Waals surface area (Å²) in [7, 11) is 0. The van der Waals surface area contributed by atoms with Crippen molar-refractivity contribution in [3.8, 4) is 0 Å². The van der Waals surface area contributed by atoms with Crippen LogP contribution in [-0.4, -0.2) is 15.2 Å². The molecule has 1 N–H and O–H groups in total. The van der Waals surface area contributed by atoms with E-state index in [0.29, 0.717) is 6.07 Å². The fourth-order valence-corrected chi connectivity index (χ4v) is 0.466. The third-order valence-corrected chi connectivity index (χ3v) is 0.866. The van der Waals surface area contributed by atoms with Gasteiger partial charge in [-0.3, -0.25) is 0 Å². The van der Waals surface area contributed by atoms with E-state index in [9.17, 15) is 13.2 Å². The van der Waals surface area contributed by atoms with Gasteiger partial charge >= 0.3 is 6.18 Å². The highest BCUT2D eigenvalue weighted by Gasteiger charge is 2.33. The second-order valence-corrected chi connectivity index (χ2v) is 1.62. The van der Waals surface area contributed by atoms with Crippen LogP contribution in [0.4, 0.5) is 13.2 Å². The van der Waals surface area contributed by atoms with Gasteiger partial charge in [0.2, 0.25) is 0 Å². The number of aromatic nitrogens is 2. The van der Waals surface area contributed by atoms with E-state index < -0.39 is 11.9 Å². The summed E-state index contributed by atoms with van der Waals surface area (Å²) in [5.74, 6) is 0. The summed E-state index contributed by atoms with van der Waals surface area (Å²) in [6, 6.07) is 0.681. The topological polar surface area (TPSA) is 38.0 Å². The van der Waals surface area contributed by atoms with Gasteiger partial charge in [-0.25, -0.2) is 0 Å². The van der Waals surface area contributed by atoms with Crippen molar-refractivity contribution in [2.75, 3.05) is 0 Å². The van der Waals surface area contributed by atoms with Crippen LogP contribution < -0.4 is 0 Å². The molecule has 0 atom stereocenters. The van der Waals surface area contributed by atoms with E-state index in [2.05, 4.69) is 5.10 Å². The van der Waals surface area contributed by atoms with Crippen molar-refractivity contribution in [3.63, 3.8) is 0 Å². The molecule has 0 aromatic carbocycles. The van der Waals surface area contributed by atoms with Crippen molar-refractivity contribution in [2.45, 2.75) is 6.18 Å². The Hall–Kier alpha value is -1.20. The molecule has 0 aliphatic rings. The van der Waals surface area contributed by atoms with Crippen molar-refractivity contribution < 1.29 is 18.4 Å². The van der Waals surface area contributed by atoms with Gasteiger partial charge in [0.15, 0.2) is 5.69 Å². The first-order valence-electron chi connectivity index (χ1n) is 2.32. The fourth-order valence-electron chi connectivity index (χ4n) is 0.466. The summed E-state index contributed by atoms with van der Waals surface area (Å²) < 4.78 is 34.8. The van der Waals surface area contributed by atoms with Gasteiger partial charge in [0.25, 0.3) is 0 Å². The van der Waals surface area contributed by atoms with Crippen molar-refractivity contribution in [1.29, 1.82) is 0 Å². The van der Waals surface area contributed by atoms with Gasteiger partial charge in [-0.1, -0.05) is 0 Å². The van der Waals surface area contributed by atoms with Crippen LogP contribution in [0.5, 0.6) is 0 Å². The number of hydrogen-bond acceptors (Lipinski definition) is 2. The molecular weight excluding hydrogens is 149 g/mol. The molecule has 0 amide bonds. The second kappa shape index (κ2) is 1.89. The number of hydrogen-bond donors (Lipinski definition) is 1. The highest BCUT2D eigenvalue weighted by atomic mass is 19.4. The Balaban J connectivity index is 2.96. The zero-order valence-corrected chi connectivity index (χ0v) is 4.63. The van der Waals surface area contributed by atoms with Crippen LogP contribution >= 0.6 is 0 Å². The van der Waals surface area contributed by atoms with Crippen LogP contribution in [-0.2, 0) is 6.18 Å². The molecule has 0 spiro atoms. The number of nitrogens with zero attached hydrogens (tertiary/aromatic N) is 2. The monoisotopic (exact) mass is 152 g/mol. The molecule has 0 fully saturated rings. The Labute approximate surface area is 53.6 Å². The molecule has 3 nitrogen and oxygen atoms in total. The van der Waals surface area contributed by atoms with Gasteiger partial charge in [0, 0.05) is 0 Å². The zero-order chi connectivity index (χ0) is 7.78. The lowest BCUT2D eigenvalue weighted by Gasteiger charge is -1.98. The largest absolute Gasteiger partial charge is 0.435 e. The normalized spacial score (nSPS) is 11.9. The standard InChI is InChI=1S/C4H3F3N2O/c5-4(6,7)3-1-2-9(10)8-3/h1-2,10H. The summed E-state index contributed by atoms with van der Waals surface area (Å²) in [5.41, 5.74) is -1.10. The Bertz CT molecular complexity index is 229. The summed E-state index contributed by atoms with van der Waals surface area (Å²) in [6.45, 7) is 0. The molecule has 0 aliphatic heterocycles. The van der Waals surface area contributed by atoms with Crippen LogP contribution in [0.2, 0.25) is 0 Å². The highest BCUT2D eigenvalue weighted by Crippen LogP contribution is 2.26. The van der Waals surface area contributed by atoms with E-state index in [1.54, 1.807) is 0 Å². The third kappa shape index (κ3) is 1.20. The smallest absolute Gasteiger partial charge is 0.412 e. The van der Waals surface area contributed by atoms with E-state index >= 15 is 0 Å². The molecule has 0 saturated carbocycles. The van der Waals surface area contributed by atoms with E-state index in [0.717, 1.165) is 6.20 Å². The maximum atomic E-state index is 11.6. The van der Waals surface area contributed by atoms with E-state index in [1.165, 1.54) is 0 Å². The molecule has 56 valence electrons. The van der Waals surface area contributed by atoms with Crippen molar-refractivity contribution in [2.24, 2.45) is 0 Å². The van der Waals surface area contributed by atoms with Crippen molar-refractivity contribution >= 4 is 0 Å². The van der Waals surface area contributed by atoms with Gasteiger partial charge < -0.3 is 5.21 Å². The molecule has 0 aliphatic carbocycles. The molecule has 0 saturated heterocycles. The van der Waals surface area contributed by atoms with Crippen LogP contribution in [0.1, 0.15) is 5.69 Å². The highest BCUT2D eigenvalue weighted by molar-refractivity contribution is 5.02. The average Bonchev–Trinajstić information content (AvgIpc) is 2.11. The summed E-state index contributed by atoms with van der Waals surface area (Å²) in [5, 5.41) is 11.1. The van der Waals surface area contributed by atoms with Crippen LogP contribution in [0.15, 0.2) is 12.3 Å². The van der Waals surface area contributed by atoms with Gasteiger partial charge in [-0.2, -0.15) is 13.2 Å². The van der Waals surface area contributed by atoms with Crippen LogP contribution in [0.3, 0.4) is 0 Å². The molecular formula is C4H3F3N2O. The molecule has 1 rings (SSSR count). The van der Waals surface area contributed by atoms with E-state index in [1.807, 2.05) is 0 Å². The van der Waals surface area contributed by atoms with E-state index in [-0.39, 0.29) is 4.85 Å². The van der Waals surface area contributed by atoms with Crippen molar-refractivity contribution in [3.05, 3.63) is 18.0 Å². The Morgan fingerprint density at radius 1 is 1.50 bits per heavy atom. The third-order valence-electron chi connectivity index (χ3n) is 0.866. The van der Waals surface area contributed by atoms with Crippen molar-refractivity contribution in [1.82, 2.24) is 9.94 Å². The molecule has 10 heavy (non-hydrogen) atoms. The minimum atomic E-state index is -4.48. The van der Waals surface area contributed by atoms with Gasteiger partial charge in [0.05, 0.1) is 6.20 Å². The van der Waals surface area contributed by atoms with Gasteiger partial charge in [-0.05, 0) is 6.07 Å². The predicted octanol–water partition coefficient (Wildman–Crippen LogP) is 1.14. The van der Waals surface area contributed by atoms with Gasteiger partial charge in [-0.15, -0.1) is 9.94 Å². The minimum absolute atomic E-state index is 0.114. The number of alkyl halides is 3. The maximum Gasteiger partial charge on any atom is 0.435 e. The predicted molar refractivity (Wildman–Crippen MR) is 24.4 cm³/mol. The van der Waals surface area contributed by atoms with E-state index in [4.69, 9.17) is 5.21 Å². The lowest BCUT2D eigenvalue weighted by Crippen LogP contribution is -2.06. The summed E-state index contributed by atoms with van der Waals surface area (Å²) >= 11 is 0. The zero-order valence-electron chi connectivity index (χ0n) is 4.63. The summed E-state index contributed by atoms with van der Waals surface area (Å²) in [4.78, 5) is 0.114. The lowest BCUT2D eigenvalue weighted by atomic mass is 10.4. The molecule has 0 radical (unpaired) electrons. The molecule has 0 unspecified atom stereocenters. The second-order valence-electron chi connectivity index (χ2n) is 1.62. The summed E-state index contributed by atoms with van der Waals surface area (Å²) in [6.07, 6.45) is -3.67. The quantitative estimate of drug-likeness (QED) is 0.566.